The Morgan fingerprint density at radius 1 is 1.26 bits per heavy atom. The number of pyridine rings is 1. The molecule has 2 unspecified atom stereocenters. The molecule has 0 radical (unpaired) electrons. The van der Waals surface area contributed by atoms with Crippen LogP contribution < -0.4 is 0 Å². The number of amides is 2. The van der Waals surface area contributed by atoms with Crippen LogP contribution in [0.4, 0.5) is 13.2 Å². The van der Waals surface area contributed by atoms with Crippen molar-refractivity contribution in [3.63, 3.8) is 0 Å². The molecule has 1 N–H and O–H groups in total. The van der Waals surface area contributed by atoms with Crippen LogP contribution in [0.1, 0.15) is 60.8 Å². The molecule has 1 aliphatic carbocycles. The molecule has 2 aromatic rings. The SMILES string of the molecule is CCC(O)CCC(C)N1CCN(C(=O)c2nn3c(C(F)(F)F)cc(C4C=C4)cc3c2Cl)CC1=O. The average Bonchev–Trinajstić information content (AvgIpc) is 3.59. The Morgan fingerprint density at radius 2 is 1.97 bits per heavy atom. The summed E-state index contributed by atoms with van der Waals surface area (Å²) in [7, 11) is 0. The summed E-state index contributed by atoms with van der Waals surface area (Å²) in [6.45, 7) is 4.05. The van der Waals surface area contributed by atoms with Crippen molar-refractivity contribution in [1.29, 1.82) is 0 Å². The zero-order chi connectivity index (χ0) is 24.8. The molecule has 0 saturated carbocycles. The maximum Gasteiger partial charge on any atom is 0.433 e. The lowest BCUT2D eigenvalue weighted by atomic mass is 10.1. The predicted molar refractivity (Wildman–Crippen MR) is 120 cm³/mol. The summed E-state index contributed by atoms with van der Waals surface area (Å²) >= 11 is 6.35. The number of alkyl halides is 3. The van der Waals surface area contributed by atoms with E-state index >= 15 is 0 Å². The Hall–Kier alpha value is -2.59. The normalized spacial score (nSPS) is 18.6. The summed E-state index contributed by atoms with van der Waals surface area (Å²) in [6.07, 6.45) is 0.246. The minimum atomic E-state index is -4.69. The van der Waals surface area contributed by atoms with E-state index in [1.54, 1.807) is 17.1 Å². The van der Waals surface area contributed by atoms with Gasteiger partial charge in [-0.15, -0.1) is 0 Å². The molecule has 0 spiro atoms. The Labute approximate surface area is 199 Å². The van der Waals surface area contributed by atoms with E-state index in [9.17, 15) is 27.9 Å². The van der Waals surface area contributed by atoms with Gasteiger partial charge in [-0.05, 0) is 43.9 Å². The minimum absolute atomic E-state index is 0.00314. The minimum Gasteiger partial charge on any atom is -0.393 e. The number of carbonyl (C=O) groups is 2. The number of hydrogen-bond acceptors (Lipinski definition) is 4. The van der Waals surface area contributed by atoms with Gasteiger partial charge in [-0.25, -0.2) is 4.52 Å². The molecule has 2 atom stereocenters. The number of allylic oxidation sites excluding steroid dienone is 2. The molecule has 0 aromatic carbocycles. The van der Waals surface area contributed by atoms with Crippen LogP contribution in [0, 0.1) is 0 Å². The van der Waals surface area contributed by atoms with Gasteiger partial charge in [0.1, 0.15) is 12.2 Å². The number of rotatable bonds is 7. The number of aliphatic hydroxyl groups is 1. The molecule has 2 aliphatic rings. The van der Waals surface area contributed by atoms with E-state index in [0.717, 1.165) is 6.07 Å². The number of carbonyl (C=O) groups excluding carboxylic acids is 2. The van der Waals surface area contributed by atoms with Crippen LogP contribution in [0.2, 0.25) is 5.02 Å². The molecule has 4 rings (SSSR count). The zero-order valence-electron chi connectivity index (χ0n) is 18.8. The summed E-state index contributed by atoms with van der Waals surface area (Å²) in [5.41, 5.74) is -0.907. The third-order valence-corrected chi connectivity index (χ3v) is 6.80. The summed E-state index contributed by atoms with van der Waals surface area (Å²) in [5.74, 6) is -1.15. The fraction of sp³-hybridized carbons (Fsp3) is 0.522. The zero-order valence-corrected chi connectivity index (χ0v) is 19.6. The van der Waals surface area contributed by atoms with Crippen molar-refractivity contribution >= 4 is 28.9 Å². The first-order valence-corrected chi connectivity index (χ1v) is 11.6. The highest BCUT2D eigenvalue weighted by Gasteiger charge is 2.38. The number of aromatic nitrogens is 2. The van der Waals surface area contributed by atoms with Gasteiger partial charge in [0.15, 0.2) is 5.69 Å². The molecule has 2 amide bonds. The van der Waals surface area contributed by atoms with Crippen LogP contribution in [0.25, 0.3) is 5.52 Å². The monoisotopic (exact) mass is 498 g/mol. The van der Waals surface area contributed by atoms with E-state index in [1.807, 2.05) is 13.8 Å². The van der Waals surface area contributed by atoms with E-state index < -0.39 is 23.9 Å². The number of fused-ring (bicyclic) bond motifs is 1. The number of hydrogen-bond donors (Lipinski definition) is 1. The molecule has 1 aliphatic heterocycles. The van der Waals surface area contributed by atoms with Gasteiger partial charge >= 0.3 is 6.18 Å². The van der Waals surface area contributed by atoms with Gasteiger partial charge < -0.3 is 14.9 Å². The van der Waals surface area contributed by atoms with Crippen LogP contribution in [0.3, 0.4) is 0 Å². The van der Waals surface area contributed by atoms with Gasteiger partial charge in [0, 0.05) is 25.0 Å². The van der Waals surface area contributed by atoms with Crippen LogP contribution in [-0.2, 0) is 11.0 Å². The van der Waals surface area contributed by atoms with Crippen molar-refractivity contribution in [2.75, 3.05) is 19.6 Å². The summed E-state index contributed by atoms with van der Waals surface area (Å²) in [6, 6.07) is 2.41. The standard InChI is InChI=1S/C23H26ClF3N4O3/c1-3-16(32)7-4-13(2)30-9-8-29(12-19(30)33)22(34)21-20(24)17-10-15(14-5-6-14)11-18(23(25,26)27)31(17)28-21/h5-6,10-11,13-14,16,32H,3-4,7-9,12H2,1-2H3. The van der Waals surface area contributed by atoms with Gasteiger partial charge in [0.05, 0.1) is 16.6 Å². The molecule has 3 heterocycles. The highest BCUT2D eigenvalue weighted by Crippen LogP contribution is 2.38. The first-order chi connectivity index (χ1) is 16.0. The molecular weight excluding hydrogens is 473 g/mol. The smallest absolute Gasteiger partial charge is 0.393 e. The number of nitrogens with zero attached hydrogens (tertiary/aromatic N) is 4. The molecular formula is C23H26ClF3N4O3. The van der Waals surface area contributed by atoms with Crippen molar-refractivity contribution in [2.24, 2.45) is 0 Å². The second-order valence-electron chi connectivity index (χ2n) is 8.84. The fourth-order valence-electron chi connectivity index (χ4n) is 4.22. The van der Waals surface area contributed by atoms with Crippen molar-refractivity contribution in [3.8, 4) is 0 Å². The topological polar surface area (TPSA) is 78.2 Å². The lowest BCUT2D eigenvalue weighted by Gasteiger charge is -2.37. The molecule has 7 nitrogen and oxygen atoms in total. The van der Waals surface area contributed by atoms with E-state index in [2.05, 4.69) is 5.10 Å². The Balaban J connectivity index is 1.54. The second kappa shape index (κ2) is 9.22. The van der Waals surface area contributed by atoms with E-state index in [1.165, 1.54) is 11.0 Å². The average molecular weight is 499 g/mol. The molecule has 1 fully saturated rings. The van der Waals surface area contributed by atoms with E-state index in [4.69, 9.17) is 11.6 Å². The Bertz CT molecular complexity index is 1140. The molecule has 1 saturated heterocycles. The summed E-state index contributed by atoms with van der Waals surface area (Å²) < 4.78 is 41.7. The number of piperazine rings is 1. The van der Waals surface area contributed by atoms with Crippen LogP contribution in [0.5, 0.6) is 0 Å². The van der Waals surface area contributed by atoms with Gasteiger partial charge in [-0.3, -0.25) is 9.59 Å². The Morgan fingerprint density at radius 3 is 2.56 bits per heavy atom. The van der Waals surface area contributed by atoms with Crippen molar-refractivity contribution < 1.29 is 27.9 Å². The third kappa shape index (κ3) is 4.79. The predicted octanol–water partition coefficient (Wildman–Crippen LogP) is 3.88. The quantitative estimate of drug-likeness (QED) is 0.588. The molecule has 184 valence electrons. The summed E-state index contributed by atoms with van der Waals surface area (Å²) in [5, 5.41) is 13.5. The van der Waals surface area contributed by atoms with E-state index in [-0.39, 0.29) is 53.7 Å². The van der Waals surface area contributed by atoms with Crippen molar-refractivity contribution in [2.45, 2.75) is 57.3 Å². The lowest BCUT2D eigenvalue weighted by molar-refractivity contribution is -0.142. The molecule has 11 heteroatoms. The van der Waals surface area contributed by atoms with Crippen LogP contribution in [-0.4, -0.2) is 68.1 Å². The molecule has 0 bridgehead atoms. The van der Waals surface area contributed by atoms with Gasteiger partial charge in [0.25, 0.3) is 5.91 Å². The van der Waals surface area contributed by atoms with Crippen LogP contribution >= 0.6 is 11.6 Å². The Kier molecular flexibility index (Phi) is 6.65. The second-order valence-corrected chi connectivity index (χ2v) is 9.22. The maximum atomic E-state index is 13.7. The largest absolute Gasteiger partial charge is 0.433 e. The van der Waals surface area contributed by atoms with Crippen LogP contribution in [0.15, 0.2) is 24.3 Å². The van der Waals surface area contributed by atoms with Gasteiger partial charge in [0.2, 0.25) is 5.91 Å². The molecule has 2 aromatic heterocycles. The lowest BCUT2D eigenvalue weighted by Crippen LogP contribution is -2.55. The first-order valence-electron chi connectivity index (χ1n) is 11.3. The highest BCUT2D eigenvalue weighted by molar-refractivity contribution is 6.36. The fourth-order valence-corrected chi connectivity index (χ4v) is 4.47. The maximum absolute atomic E-state index is 13.7. The first kappa shape index (κ1) is 24.5. The van der Waals surface area contributed by atoms with Gasteiger partial charge in [-0.1, -0.05) is 30.7 Å². The number of aliphatic hydroxyl groups excluding tert-OH is 1. The highest BCUT2D eigenvalue weighted by atomic mass is 35.5. The van der Waals surface area contributed by atoms with E-state index in [0.29, 0.717) is 29.3 Å². The van der Waals surface area contributed by atoms with Gasteiger partial charge in [-0.2, -0.15) is 18.3 Å². The van der Waals surface area contributed by atoms with Crippen molar-refractivity contribution in [3.05, 3.63) is 46.3 Å². The third-order valence-electron chi connectivity index (χ3n) is 6.42. The number of halogens is 4. The summed E-state index contributed by atoms with van der Waals surface area (Å²) in [4.78, 5) is 28.8. The molecule has 34 heavy (non-hydrogen) atoms. The van der Waals surface area contributed by atoms with Crippen molar-refractivity contribution in [1.82, 2.24) is 19.4 Å².